The highest BCUT2D eigenvalue weighted by Crippen LogP contribution is 2.36. The second-order valence-corrected chi connectivity index (χ2v) is 10.0. The number of rotatable bonds is 5. The maximum absolute atomic E-state index is 13.3. The highest BCUT2D eigenvalue weighted by Gasteiger charge is 2.40. The van der Waals surface area contributed by atoms with Gasteiger partial charge >= 0.3 is 6.18 Å². The van der Waals surface area contributed by atoms with E-state index in [1.54, 1.807) is 11.6 Å². The van der Waals surface area contributed by atoms with Gasteiger partial charge in [-0.15, -0.1) is 11.3 Å². The van der Waals surface area contributed by atoms with Crippen LogP contribution in [0.15, 0.2) is 52.9 Å². The number of benzene rings is 1. The molecule has 1 saturated heterocycles. The highest BCUT2D eigenvalue weighted by atomic mass is 32.2. The fourth-order valence-corrected chi connectivity index (χ4v) is 5.97. The van der Waals surface area contributed by atoms with Gasteiger partial charge in [0, 0.05) is 30.6 Å². The van der Waals surface area contributed by atoms with Gasteiger partial charge < -0.3 is 10.3 Å². The quantitative estimate of drug-likeness (QED) is 0.568. The van der Waals surface area contributed by atoms with Gasteiger partial charge in [-0.05, 0) is 37.1 Å². The number of alkyl halides is 3. The van der Waals surface area contributed by atoms with Crippen LogP contribution in [-0.2, 0) is 21.0 Å². The lowest BCUT2D eigenvalue weighted by atomic mass is 9.97. The maximum atomic E-state index is 13.3. The van der Waals surface area contributed by atoms with Gasteiger partial charge in [-0.3, -0.25) is 4.79 Å². The molecule has 0 spiro atoms. The second kappa shape index (κ2) is 8.68. The van der Waals surface area contributed by atoms with Crippen molar-refractivity contribution in [1.29, 1.82) is 0 Å². The Morgan fingerprint density at radius 3 is 2.53 bits per heavy atom. The van der Waals surface area contributed by atoms with Crippen LogP contribution in [0.3, 0.4) is 0 Å². The molecule has 7 nitrogen and oxygen atoms in total. The van der Waals surface area contributed by atoms with Crippen LogP contribution in [-0.4, -0.2) is 41.7 Å². The third-order valence-electron chi connectivity index (χ3n) is 5.24. The molecule has 0 aliphatic carbocycles. The molecule has 1 aliphatic rings. The minimum Gasteiger partial charge on any atom is -0.360 e. The summed E-state index contributed by atoms with van der Waals surface area (Å²) in [6, 6.07) is 7.81. The van der Waals surface area contributed by atoms with E-state index in [2.05, 4.69) is 15.3 Å². The van der Waals surface area contributed by atoms with Gasteiger partial charge in [0.25, 0.3) is 0 Å². The van der Waals surface area contributed by atoms with Crippen molar-refractivity contribution < 1.29 is 26.4 Å². The van der Waals surface area contributed by atoms with E-state index in [1.165, 1.54) is 17.4 Å². The average Bonchev–Trinajstić information content (AvgIpc) is 3.45. The van der Waals surface area contributed by atoms with Crippen LogP contribution in [0.25, 0.3) is 11.4 Å². The summed E-state index contributed by atoms with van der Waals surface area (Å²) in [6.07, 6.45) is -2.61. The number of halogens is 3. The molecule has 0 radical (unpaired) electrons. The zero-order valence-corrected chi connectivity index (χ0v) is 18.2. The van der Waals surface area contributed by atoms with Gasteiger partial charge in [-0.1, -0.05) is 12.1 Å². The van der Waals surface area contributed by atoms with Crippen molar-refractivity contribution in [3.05, 3.63) is 53.5 Å². The zero-order valence-electron chi connectivity index (χ0n) is 16.6. The summed E-state index contributed by atoms with van der Waals surface area (Å²) < 4.78 is 66.5. The molecule has 3 heterocycles. The van der Waals surface area contributed by atoms with Crippen LogP contribution in [0.1, 0.15) is 18.4 Å². The second-order valence-electron chi connectivity index (χ2n) is 7.28. The normalized spacial score (nSPS) is 16.2. The number of nitrogens with zero attached hydrogens (tertiary/aromatic N) is 2. The van der Waals surface area contributed by atoms with E-state index < -0.39 is 32.6 Å². The number of anilines is 1. The largest absolute Gasteiger partial charge is 0.417 e. The number of amides is 1. The standard InChI is InChI=1S/C20H19F3N4O3S2/c21-20(22,23)14-4-1-2-6-17(14)32(29,30)27-10-7-13(8-11-27)18(28)26-19-25-16(12-31-19)15-5-3-9-24-15/h1-6,9,12-13,24H,7-8,10-11H2,(H,25,26,28). The summed E-state index contributed by atoms with van der Waals surface area (Å²) in [5.41, 5.74) is 0.320. The molecule has 2 N–H and O–H groups in total. The lowest BCUT2D eigenvalue weighted by Crippen LogP contribution is -2.41. The predicted octanol–water partition coefficient (Wildman–Crippen LogP) is 4.20. The number of sulfonamides is 1. The van der Waals surface area contributed by atoms with Crippen molar-refractivity contribution in [1.82, 2.24) is 14.3 Å². The summed E-state index contributed by atoms with van der Waals surface area (Å²) in [6.45, 7) is -0.0869. The molecule has 3 aromatic rings. The summed E-state index contributed by atoms with van der Waals surface area (Å²) in [7, 11) is -4.34. The van der Waals surface area contributed by atoms with Gasteiger partial charge in [0.1, 0.15) is 0 Å². The molecule has 0 saturated carbocycles. The minimum atomic E-state index is -4.78. The van der Waals surface area contributed by atoms with E-state index in [4.69, 9.17) is 0 Å². The Labute approximate surface area is 186 Å². The first-order valence-electron chi connectivity index (χ1n) is 9.73. The van der Waals surface area contributed by atoms with Crippen molar-refractivity contribution in [2.75, 3.05) is 18.4 Å². The number of H-pyrrole nitrogens is 1. The summed E-state index contributed by atoms with van der Waals surface area (Å²) >= 11 is 1.27. The summed E-state index contributed by atoms with van der Waals surface area (Å²) in [4.78, 5) is 19.2. The van der Waals surface area contributed by atoms with Crippen molar-refractivity contribution in [2.45, 2.75) is 23.9 Å². The molecule has 0 atom stereocenters. The predicted molar refractivity (Wildman–Crippen MR) is 113 cm³/mol. The average molecular weight is 485 g/mol. The Morgan fingerprint density at radius 1 is 1.16 bits per heavy atom. The van der Waals surface area contributed by atoms with Crippen molar-refractivity contribution >= 4 is 32.4 Å². The van der Waals surface area contributed by atoms with Gasteiger partial charge in [0.05, 0.1) is 21.8 Å². The summed E-state index contributed by atoms with van der Waals surface area (Å²) in [5, 5.41) is 4.97. The van der Waals surface area contributed by atoms with Gasteiger partial charge in [0.2, 0.25) is 15.9 Å². The number of hydrogen-bond donors (Lipinski definition) is 2. The Morgan fingerprint density at radius 2 is 1.88 bits per heavy atom. The number of aromatic nitrogens is 2. The molecule has 0 unspecified atom stereocenters. The fraction of sp³-hybridized carbons (Fsp3) is 0.300. The van der Waals surface area contributed by atoms with Crippen molar-refractivity contribution in [3.63, 3.8) is 0 Å². The molecule has 32 heavy (non-hydrogen) atoms. The number of nitrogens with one attached hydrogen (secondary N) is 2. The summed E-state index contributed by atoms with van der Waals surface area (Å²) in [5.74, 6) is -0.748. The van der Waals surface area contributed by atoms with Crippen LogP contribution >= 0.6 is 11.3 Å². The molecule has 170 valence electrons. The lowest BCUT2D eigenvalue weighted by Gasteiger charge is -2.31. The molecule has 1 aliphatic heterocycles. The van der Waals surface area contributed by atoms with E-state index in [0.29, 0.717) is 10.8 Å². The third kappa shape index (κ3) is 4.57. The number of hydrogen-bond acceptors (Lipinski definition) is 5. The third-order valence-corrected chi connectivity index (χ3v) is 7.96. The molecule has 12 heteroatoms. The molecular weight excluding hydrogens is 465 g/mol. The van der Waals surface area contributed by atoms with Crippen LogP contribution in [0.4, 0.5) is 18.3 Å². The molecular formula is C20H19F3N4O3S2. The van der Waals surface area contributed by atoms with Crippen molar-refractivity contribution in [2.24, 2.45) is 5.92 Å². The number of aromatic amines is 1. The fourth-order valence-electron chi connectivity index (χ4n) is 3.58. The number of piperidine rings is 1. The van der Waals surface area contributed by atoms with Crippen molar-refractivity contribution in [3.8, 4) is 11.4 Å². The van der Waals surface area contributed by atoms with Crippen LogP contribution in [0.2, 0.25) is 0 Å². The van der Waals surface area contributed by atoms with Gasteiger partial charge in [-0.25, -0.2) is 13.4 Å². The Hall–Kier alpha value is -2.70. The maximum Gasteiger partial charge on any atom is 0.417 e. The van der Waals surface area contributed by atoms with E-state index in [9.17, 15) is 26.4 Å². The zero-order chi connectivity index (χ0) is 22.9. The molecule has 1 amide bonds. The number of carbonyl (C=O) groups is 1. The Balaban J connectivity index is 1.40. The van der Waals surface area contributed by atoms with E-state index in [0.717, 1.165) is 28.2 Å². The van der Waals surface area contributed by atoms with Crippen LogP contribution in [0.5, 0.6) is 0 Å². The first-order chi connectivity index (χ1) is 15.2. The molecule has 4 rings (SSSR count). The molecule has 2 aromatic heterocycles. The van der Waals surface area contributed by atoms with Crippen LogP contribution < -0.4 is 5.32 Å². The smallest absolute Gasteiger partial charge is 0.360 e. The van der Waals surface area contributed by atoms with E-state index >= 15 is 0 Å². The van der Waals surface area contributed by atoms with E-state index in [1.807, 2.05) is 12.1 Å². The molecule has 0 bridgehead atoms. The molecule has 1 fully saturated rings. The molecule has 1 aromatic carbocycles. The topological polar surface area (TPSA) is 95.2 Å². The van der Waals surface area contributed by atoms with E-state index in [-0.39, 0.29) is 31.8 Å². The van der Waals surface area contributed by atoms with Gasteiger partial charge in [0.15, 0.2) is 5.13 Å². The van der Waals surface area contributed by atoms with Crippen LogP contribution in [0, 0.1) is 5.92 Å². The SMILES string of the molecule is O=C(Nc1nc(-c2ccc[nH]2)cs1)C1CCN(S(=O)(=O)c2ccccc2C(F)(F)F)CC1. The van der Waals surface area contributed by atoms with Gasteiger partial charge in [-0.2, -0.15) is 17.5 Å². The Bertz CT molecular complexity index is 1200. The first-order valence-corrected chi connectivity index (χ1v) is 12.0. The first kappa shape index (κ1) is 22.5. The highest BCUT2D eigenvalue weighted by molar-refractivity contribution is 7.89. The number of thiazole rings is 1. The Kier molecular flexibility index (Phi) is 6.10. The monoisotopic (exact) mass is 484 g/mol. The minimum absolute atomic E-state index is 0.0434. The lowest BCUT2D eigenvalue weighted by molar-refractivity contribution is -0.139. The number of carbonyl (C=O) groups excluding carboxylic acids is 1.